The number of hydrogen-bond donors (Lipinski definition) is 4. The van der Waals surface area contributed by atoms with E-state index < -0.39 is 41.8 Å². The summed E-state index contributed by atoms with van der Waals surface area (Å²) in [6, 6.07) is 4.55. The van der Waals surface area contributed by atoms with E-state index in [0.29, 0.717) is 52.8 Å². The van der Waals surface area contributed by atoms with Gasteiger partial charge in [-0.05, 0) is 83.3 Å². The Kier molecular flexibility index (Phi) is 21.2. The maximum Gasteiger partial charge on any atom is 0.410 e. The summed E-state index contributed by atoms with van der Waals surface area (Å²) in [6.07, 6.45) is 6.45. The van der Waals surface area contributed by atoms with Crippen LogP contribution in [-0.4, -0.2) is 155 Å². The summed E-state index contributed by atoms with van der Waals surface area (Å²) < 4.78 is 32.7. The van der Waals surface area contributed by atoms with E-state index in [4.69, 9.17) is 34.2 Å². The average Bonchev–Trinajstić information content (AvgIpc) is 3.66. The zero-order valence-electron chi connectivity index (χ0n) is 37.1. The molecule has 17 heteroatoms. The van der Waals surface area contributed by atoms with Crippen LogP contribution in [0.3, 0.4) is 0 Å². The van der Waals surface area contributed by atoms with Crippen LogP contribution in [0.5, 0.6) is 0 Å². The highest BCUT2D eigenvalue weighted by Gasteiger charge is 2.45. The maximum absolute atomic E-state index is 14.8. The van der Waals surface area contributed by atoms with Gasteiger partial charge in [-0.3, -0.25) is 24.1 Å². The monoisotopic (exact) mass is 861 g/mol. The lowest BCUT2D eigenvalue weighted by atomic mass is 9.83. The number of fused-ring (bicyclic) bond motifs is 1. The fourth-order valence-corrected chi connectivity index (χ4v) is 7.97. The van der Waals surface area contributed by atoms with Crippen LogP contribution in [0.15, 0.2) is 24.3 Å². The van der Waals surface area contributed by atoms with Crippen molar-refractivity contribution in [3.8, 4) is 0 Å². The molecule has 344 valence electrons. The van der Waals surface area contributed by atoms with Gasteiger partial charge < -0.3 is 55.0 Å². The number of likely N-dealkylation sites (tertiary alicyclic amines) is 1. The van der Waals surface area contributed by atoms with Gasteiger partial charge in [-0.1, -0.05) is 43.5 Å². The fraction of sp³-hybridized carbons (Fsp3) is 0.750. The molecule has 0 aromatic heterocycles. The predicted molar refractivity (Wildman–Crippen MR) is 227 cm³/mol. The zero-order chi connectivity index (χ0) is 44.2. The Labute approximate surface area is 361 Å². The molecule has 17 nitrogen and oxygen atoms in total. The van der Waals surface area contributed by atoms with Crippen LogP contribution in [0, 0.1) is 5.92 Å². The third-order valence-corrected chi connectivity index (χ3v) is 11.2. The molecule has 1 aromatic carbocycles. The Morgan fingerprint density at radius 3 is 2.05 bits per heavy atom. The highest BCUT2D eigenvalue weighted by Crippen LogP contribution is 2.32. The van der Waals surface area contributed by atoms with Crippen molar-refractivity contribution < 1.29 is 52.4 Å². The molecule has 1 heterocycles. The first kappa shape index (κ1) is 49.8. The van der Waals surface area contributed by atoms with Crippen LogP contribution in [0.25, 0.3) is 0 Å². The van der Waals surface area contributed by atoms with Crippen LogP contribution < -0.4 is 21.7 Å². The Morgan fingerprint density at radius 2 is 1.43 bits per heavy atom. The van der Waals surface area contributed by atoms with Gasteiger partial charge in [0.05, 0.1) is 65.5 Å². The van der Waals surface area contributed by atoms with Gasteiger partial charge in [0.15, 0.2) is 0 Å². The zero-order valence-corrected chi connectivity index (χ0v) is 37.1. The molecular weight excluding hydrogens is 789 g/mol. The number of amides is 5. The van der Waals surface area contributed by atoms with Gasteiger partial charge in [-0.15, -0.1) is 0 Å². The second-order valence-electron chi connectivity index (χ2n) is 17.1. The van der Waals surface area contributed by atoms with Gasteiger partial charge in [0.2, 0.25) is 23.6 Å². The molecule has 3 aliphatic rings. The highest BCUT2D eigenvalue weighted by atomic mass is 16.6. The van der Waals surface area contributed by atoms with Gasteiger partial charge in [0.25, 0.3) is 0 Å². The van der Waals surface area contributed by atoms with E-state index in [1.807, 2.05) is 18.2 Å². The molecule has 0 radical (unpaired) electrons. The van der Waals surface area contributed by atoms with E-state index in [2.05, 4.69) is 22.0 Å². The predicted octanol–water partition coefficient (Wildman–Crippen LogP) is 2.63. The van der Waals surface area contributed by atoms with Gasteiger partial charge in [0, 0.05) is 26.2 Å². The van der Waals surface area contributed by atoms with Gasteiger partial charge in [-0.25, -0.2) is 4.79 Å². The van der Waals surface area contributed by atoms with Gasteiger partial charge in [-0.2, -0.15) is 0 Å². The molecule has 5 N–H and O–H groups in total. The van der Waals surface area contributed by atoms with Gasteiger partial charge in [0.1, 0.15) is 30.3 Å². The smallest absolute Gasteiger partial charge is 0.410 e. The third kappa shape index (κ3) is 16.7. The molecule has 1 saturated carbocycles. The second-order valence-corrected chi connectivity index (χ2v) is 17.1. The van der Waals surface area contributed by atoms with Crippen molar-refractivity contribution in [3.05, 3.63) is 35.4 Å². The third-order valence-electron chi connectivity index (χ3n) is 11.2. The molecule has 2 aliphatic carbocycles. The molecule has 4 rings (SSSR count). The average molecular weight is 861 g/mol. The van der Waals surface area contributed by atoms with Crippen LogP contribution in [0.2, 0.25) is 0 Å². The number of nitrogens with zero attached hydrogens (tertiary/aromatic N) is 2. The Morgan fingerprint density at radius 1 is 0.820 bits per heavy atom. The molecular formula is C44H72N6O11. The molecule has 1 aliphatic heterocycles. The summed E-state index contributed by atoms with van der Waals surface area (Å²) in [5.41, 5.74) is 6.88. The number of carbonyl (C=O) groups excluding carboxylic acids is 5. The van der Waals surface area contributed by atoms with Gasteiger partial charge >= 0.3 is 6.09 Å². The fourth-order valence-electron chi connectivity index (χ4n) is 7.97. The van der Waals surface area contributed by atoms with Crippen LogP contribution in [-0.2, 0) is 54.0 Å². The number of rotatable bonds is 24. The molecule has 0 bridgehead atoms. The number of benzene rings is 1. The van der Waals surface area contributed by atoms with Crippen molar-refractivity contribution >= 4 is 29.7 Å². The lowest BCUT2D eigenvalue weighted by Crippen LogP contribution is -2.59. The first-order chi connectivity index (χ1) is 29.3. The van der Waals surface area contributed by atoms with Crippen molar-refractivity contribution in [2.45, 2.75) is 121 Å². The van der Waals surface area contributed by atoms with Crippen LogP contribution >= 0.6 is 0 Å². The molecule has 0 spiro atoms. The van der Waals surface area contributed by atoms with E-state index >= 15 is 0 Å². The number of hydrogen-bond acceptors (Lipinski definition) is 12. The first-order valence-corrected chi connectivity index (χ1v) is 22.1. The minimum Gasteiger partial charge on any atom is -0.444 e. The summed E-state index contributed by atoms with van der Waals surface area (Å²) in [5, 5.41) is 9.19. The SMILES string of the molecule is C[C@@H](C(=O)N[C@H](C(=O)N1C[C@@H](NC(=O)COCCOCCOCCOCCOCCN)C[C@H]1C(=O)N[C@@H]1CCCc2ccccc21)C1CCCCC1)N(C)C(=O)OC(C)(C)C. The molecule has 1 aromatic rings. The minimum absolute atomic E-state index is 0.0760. The normalized spacial score (nSPS) is 20.3. The van der Waals surface area contributed by atoms with Crippen molar-refractivity contribution in [2.24, 2.45) is 11.7 Å². The van der Waals surface area contributed by atoms with Crippen LogP contribution in [0.1, 0.15) is 96.2 Å². The maximum atomic E-state index is 14.8. The van der Waals surface area contributed by atoms with E-state index in [1.54, 1.807) is 27.7 Å². The van der Waals surface area contributed by atoms with Crippen molar-refractivity contribution in [1.82, 2.24) is 25.8 Å². The number of aryl methyl sites for hydroxylation is 1. The summed E-state index contributed by atoms with van der Waals surface area (Å²) in [6.45, 7) is 10.7. The van der Waals surface area contributed by atoms with E-state index in [1.165, 1.54) is 22.4 Å². The van der Waals surface area contributed by atoms with E-state index in [-0.39, 0.29) is 62.5 Å². The van der Waals surface area contributed by atoms with Crippen molar-refractivity contribution in [2.75, 3.05) is 86.2 Å². The standard InChI is InChI=1S/C44H72N6O11/c1-31(49(5)43(55)61-44(2,3)4)40(52)48-39(33-13-7-6-8-14-33)42(54)50-29-34(28-37(50)41(53)47-36-17-11-15-32-12-9-10-16-35(32)36)46-38(51)30-60-27-26-59-25-24-58-23-22-57-21-20-56-19-18-45/h9-10,12,16,31,33-34,36-37,39H,6-8,11,13-15,17-30,45H2,1-5H3,(H,46,51)(H,47,53)(H,48,52)/t31-,34-,36+,37-,39-/m0/s1. The molecule has 2 fully saturated rings. The molecule has 5 atom stereocenters. The van der Waals surface area contributed by atoms with E-state index in [0.717, 1.165) is 56.9 Å². The number of ether oxygens (including phenoxy) is 6. The molecule has 0 unspecified atom stereocenters. The Hall–Kier alpha value is -3.87. The Balaban J connectivity index is 1.36. The molecule has 1 saturated heterocycles. The second kappa shape index (κ2) is 25.9. The van der Waals surface area contributed by atoms with E-state index in [9.17, 15) is 24.0 Å². The van der Waals surface area contributed by atoms with Crippen molar-refractivity contribution in [3.63, 3.8) is 0 Å². The lowest BCUT2D eigenvalue weighted by molar-refractivity contribution is -0.143. The lowest BCUT2D eigenvalue weighted by Gasteiger charge is -2.36. The quantitative estimate of drug-likeness (QED) is 0.111. The summed E-state index contributed by atoms with van der Waals surface area (Å²) in [5.74, 6) is -1.74. The minimum atomic E-state index is -0.938. The number of likely N-dealkylation sites (N-methyl/N-ethyl adjacent to an activating group) is 1. The largest absolute Gasteiger partial charge is 0.444 e. The summed E-state index contributed by atoms with van der Waals surface area (Å²) in [7, 11) is 1.49. The number of carbonyl (C=O) groups is 5. The van der Waals surface area contributed by atoms with Crippen LogP contribution in [0.4, 0.5) is 4.79 Å². The topological polar surface area (TPSA) is 209 Å². The summed E-state index contributed by atoms with van der Waals surface area (Å²) in [4.78, 5) is 71.6. The summed E-state index contributed by atoms with van der Waals surface area (Å²) >= 11 is 0. The highest BCUT2D eigenvalue weighted by molar-refractivity contribution is 5.94. The molecule has 61 heavy (non-hydrogen) atoms. The molecule has 5 amide bonds. The number of nitrogens with two attached hydrogens (primary N) is 1. The Bertz CT molecular complexity index is 1540. The first-order valence-electron chi connectivity index (χ1n) is 22.1. The number of nitrogens with one attached hydrogen (secondary N) is 3. The van der Waals surface area contributed by atoms with Crippen molar-refractivity contribution in [1.29, 1.82) is 0 Å².